The van der Waals surface area contributed by atoms with E-state index < -0.39 is 12.1 Å². The molecule has 500 valence electrons. The highest BCUT2D eigenvalue weighted by Gasteiger charge is 2.20. The lowest BCUT2D eigenvalue weighted by molar-refractivity contribution is -0.143. The lowest BCUT2D eigenvalue weighted by atomic mass is 10.0. The molecule has 1 amide bonds. The molecule has 0 aliphatic carbocycles. The van der Waals surface area contributed by atoms with Gasteiger partial charge in [0.05, 0.1) is 25.4 Å². The molecule has 2 atom stereocenters. The smallest absolute Gasteiger partial charge is 0.305 e. The number of allylic oxidation sites excluding steroid dienone is 8. The van der Waals surface area contributed by atoms with Gasteiger partial charge in [-0.25, -0.2) is 0 Å². The normalized spacial score (nSPS) is 12.8. The van der Waals surface area contributed by atoms with Crippen molar-refractivity contribution in [3.8, 4) is 0 Å². The van der Waals surface area contributed by atoms with Gasteiger partial charge in [0.2, 0.25) is 5.91 Å². The van der Waals surface area contributed by atoms with Crippen molar-refractivity contribution in [2.24, 2.45) is 0 Å². The molecule has 0 saturated heterocycles. The van der Waals surface area contributed by atoms with E-state index in [-0.39, 0.29) is 18.5 Å². The molecule has 0 heterocycles. The Balaban J connectivity index is 3.40. The zero-order chi connectivity index (χ0) is 61.3. The lowest BCUT2D eigenvalue weighted by Gasteiger charge is -2.22. The van der Waals surface area contributed by atoms with E-state index in [0.717, 1.165) is 57.8 Å². The molecular weight excluding hydrogens is 1040 g/mol. The number of aliphatic hydroxyl groups is 2. The van der Waals surface area contributed by atoms with E-state index in [1.165, 1.54) is 327 Å². The first kappa shape index (κ1) is 82.8. The minimum absolute atomic E-state index is 0.00189. The summed E-state index contributed by atoms with van der Waals surface area (Å²) in [6.07, 6.45) is 97.6. The van der Waals surface area contributed by atoms with Gasteiger partial charge in [-0.05, 0) is 83.5 Å². The van der Waals surface area contributed by atoms with Crippen molar-refractivity contribution in [3.05, 3.63) is 48.6 Å². The number of hydrogen-bond donors (Lipinski definition) is 3. The number of ether oxygens (including phenoxy) is 1. The van der Waals surface area contributed by atoms with E-state index in [4.69, 9.17) is 4.74 Å². The first-order valence-corrected chi connectivity index (χ1v) is 38.4. The number of carbonyl (C=O) groups excluding carboxylic acids is 2. The summed E-state index contributed by atoms with van der Waals surface area (Å²) in [7, 11) is 0. The first-order chi connectivity index (χ1) is 42.0. The van der Waals surface area contributed by atoms with Crippen LogP contribution in [0.2, 0.25) is 0 Å². The standard InChI is InChI=1S/C79H149NO5/c1-3-5-7-9-11-13-15-17-18-19-20-21-22-32-35-38-41-44-48-51-55-59-63-67-71-77(82)76(75-81)80-78(83)72-68-64-60-56-52-49-45-42-39-36-33-30-28-26-24-23-25-27-29-31-34-37-40-43-46-50-54-58-62-66-70-74-85-79(84)73-69-65-61-57-53-47-16-14-12-10-8-6-4-2/h8,10,14,16,25,27,31,34,76-77,81-82H,3-7,9,11-13,15,17-24,26,28-30,32-33,35-75H2,1-2H3,(H,80,83)/b10-8-,16-14-,27-25-,34-31-. The highest BCUT2D eigenvalue weighted by molar-refractivity contribution is 5.76. The van der Waals surface area contributed by atoms with E-state index in [0.29, 0.717) is 25.9 Å². The third kappa shape index (κ3) is 70.8. The van der Waals surface area contributed by atoms with E-state index in [1.54, 1.807) is 0 Å². The Morgan fingerprint density at radius 3 is 0.941 bits per heavy atom. The molecule has 0 rings (SSSR count). The molecule has 2 unspecified atom stereocenters. The number of amides is 1. The second kappa shape index (κ2) is 74.3. The molecule has 0 saturated carbocycles. The summed E-state index contributed by atoms with van der Waals surface area (Å²) in [5, 5.41) is 23.5. The van der Waals surface area contributed by atoms with Gasteiger partial charge in [0, 0.05) is 12.8 Å². The summed E-state index contributed by atoms with van der Waals surface area (Å²) in [6, 6.07) is -0.543. The van der Waals surface area contributed by atoms with Gasteiger partial charge in [0.1, 0.15) is 0 Å². The number of esters is 1. The number of nitrogens with one attached hydrogen (secondary N) is 1. The van der Waals surface area contributed by atoms with Crippen molar-refractivity contribution in [2.75, 3.05) is 13.2 Å². The van der Waals surface area contributed by atoms with Crippen LogP contribution < -0.4 is 5.32 Å². The van der Waals surface area contributed by atoms with Crippen LogP contribution in [0.15, 0.2) is 48.6 Å². The predicted molar refractivity (Wildman–Crippen MR) is 375 cm³/mol. The summed E-state index contributed by atoms with van der Waals surface area (Å²) in [6.45, 7) is 4.92. The fourth-order valence-corrected chi connectivity index (χ4v) is 12.0. The van der Waals surface area contributed by atoms with Crippen LogP contribution in [0.5, 0.6) is 0 Å². The highest BCUT2D eigenvalue weighted by Crippen LogP contribution is 2.19. The van der Waals surface area contributed by atoms with E-state index in [2.05, 4.69) is 67.8 Å². The van der Waals surface area contributed by atoms with Crippen molar-refractivity contribution >= 4 is 11.9 Å². The first-order valence-electron chi connectivity index (χ1n) is 38.4. The SMILES string of the molecule is CCC/C=C\C/C=C\CCCCCCCC(=O)OCCCCCCCCCCC/C=C\C/C=C\CCCCCCCCCCCCCCCCCC(=O)NC(CO)C(O)CCCCCCCCCCCCCCCCCCCCCCCCCC. The highest BCUT2D eigenvalue weighted by atomic mass is 16.5. The monoisotopic (exact) mass is 1190 g/mol. The molecule has 0 aromatic carbocycles. The molecule has 3 N–H and O–H groups in total. The van der Waals surface area contributed by atoms with Gasteiger partial charge < -0.3 is 20.3 Å². The molecule has 0 aromatic heterocycles. The molecule has 0 spiro atoms. The molecule has 6 nitrogen and oxygen atoms in total. The minimum atomic E-state index is -0.666. The van der Waals surface area contributed by atoms with Gasteiger partial charge in [0.25, 0.3) is 0 Å². The topological polar surface area (TPSA) is 95.9 Å². The summed E-state index contributed by atoms with van der Waals surface area (Å²) in [4.78, 5) is 24.6. The Kier molecular flexibility index (Phi) is 72.4. The largest absolute Gasteiger partial charge is 0.466 e. The Bertz CT molecular complexity index is 1420. The van der Waals surface area contributed by atoms with Gasteiger partial charge in [-0.15, -0.1) is 0 Å². The molecule has 0 aliphatic rings. The number of carbonyl (C=O) groups is 2. The van der Waals surface area contributed by atoms with E-state index >= 15 is 0 Å². The van der Waals surface area contributed by atoms with Gasteiger partial charge >= 0.3 is 5.97 Å². The van der Waals surface area contributed by atoms with Crippen LogP contribution >= 0.6 is 0 Å². The van der Waals surface area contributed by atoms with Gasteiger partial charge in [0.15, 0.2) is 0 Å². The van der Waals surface area contributed by atoms with Crippen LogP contribution in [0.25, 0.3) is 0 Å². The quantitative estimate of drug-likeness (QED) is 0.0320. The molecule has 85 heavy (non-hydrogen) atoms. The second-order valence-corrected chi connectivity index (χ2v) is 26.3. The molecule has 0 radical (unpaired) electrons. The van der Waals surface area contributed by atoms with Crippen LogP contribution in [0.1, 0.15) is 418 Å². The zero-order valence-corrected chi connectivity index (χ0v) is 57.4. The maximum Gasteiger partial charge on any atom is 0.305 e. The Labute approximate surface area is 531 Å². The summed E-state index contributed by atoms with van der Waals surface area (Å²) in [5.41, 5.74) is 0. The number of hydrogen-bond acceptors (Lipinski definition) is 5. The zero-order valence-electron chi connectivity index (χ0n) is 57.4. The van der Waals surface area contributed by atoms with E-state index in [1.807, 2.05) is 0 Å². The van der Waals surface area contributed by atoms with Crippen molar-refractivity contribution in [3.63, 3.8) is 0 Å². The third-order valence-electron chi connectivity index (χ3n) is 17.8. The molecular formula is C79H149NO5. The van der Waals surface area contributed by atoms with Crippen LogP contribution in [-0.2, 0) is 14.3 Å². The number of aliphatic hydroxyl groups excluding tert-OH is 2. The van der Waals surface area contributed by atoms with Crippen LogP contribution in [0, 0.1) is 0 Å². The Morgan fingerprint density at radius 2 is 0.612 bits per heavy atom. The fraction of sp³-hybridized carbons (Fsp3) is 0.873. The molecule has 0 fully saturated rings. The number of unbranched alkanes of at least 4 members (excludes halogenated alkanes) is 53. The molecule has 0 aliphatic heterocycles. The Hall–Kier alpha value is -2.18. The summed E-state index contributed by atoms with van der Waals surface area (Å²) < 4.78 is 5.47. The fourth-order valence-electron chi connectivity index (χ4n) is 12.0. The van der Waals surface area contributed by atoms with Crippen molar-refractivity contribution < 1.29 is 24.5 Å². The summed E-state index contributed by atoms with van der Waals surface area (Å²) in [5.74, 6) is -0.0316. The van der Waals surface area contributed by atoms with Gasteiger partial charge in [-0.3, -0.25) is 9.59 Å². The van der Waals surface area contributed by atoms with Crippen molar-refractivity contribution in [1.82, 2.24) is 5.32 Å². The minimum Gasteiger partial charge on any atom is -0.466 e. The average Bonchev–Trinajstić information content (AvgIpc) is 3.51. The van der Waals surface area contributed by atoms with Crippen LogP contribution in [-0.4, -0.2) is 47.4 Å². The maximum atomic E-state index is 12.6. The molecule has 0 bridgehead atoms. The lowest BCUT2D eigenvalue weighted by Crippen LogP contribution is -2.45. The van der Waals surface area contributed by atoms with Crippen molar-refractivity contribution in [1.29, 1.82) is 0 Å². The van der Waals surface area contributed by atoms with Gasteiger partial charge in [-0.2, -0.15) is 0 Å². The van der Waals surface area contributed by atoms with Crippen LogP contribution in [0.4, 0.5) is 0 Å². The molecule has 0 aromatic rings. The van der Waals surface area contributed by atoms with Crippen LogP contribution in [0.3, 0.4) is 0 Å². The molecule has 6 heteroatoms. The predicted octanol–water partition coefficient (Wildman–Crippen LogP) is 25.2. The maximum absolute atomic E-state index is 12.6. The second-order valence-electron chi connectivity index (χ2n) is 26.3. The average molecular weight is 1190 g/mol. The number of rotatable bonds is 72. The van der Waals surface area contributed by atoms with Gasteiger partial charge in [-0.1, -0.05) is 371 Å². The summed E-state index contributed by atoms with van der Waals surface area (Å²) >= 11 is 0. The van der Waals surface area contributed by atoms with Crippen molar-refractivity contribution in [2.45, 2.75) is 431 Å². The Morgan fingerprint density at radius 1 is 0.329 bits per heavy atom. The van der Waals surface area contributed by atoms with E-state index in [9.17, 15) is 19.8 Å². The third-order valence-corrected chi connectivity index (χ3v) is 17.8.